The summed E-state index contributed by atoms with van der Waals surface area (Å²) in [5, 5.41) is 2.79. The quantitative estimate of drug-likeness (QED) is 0.872. The number of halogens is 2. The third-order valence-electron chi connectivity index (χ3n) is 4.33. The molecule has 0 aliphatic carbocycles. The molecule has 1 heterocycles. The monoisotopic (exact) mass is 376 g/mol. The van der Waals surface area contributed by atoms with Crippen LogP contribution in [0.25, 0.3) is 0 Å². The highest BCUT2D eigenvalue weighted by atomic mass is 35.5. The molecule has 0 unspecified atom stereocenters. The van der Waals surface area contributed by atoms with E-state index in [1.54, 1.807) is 42.3 Å². The van der Waals surface area contributed by atoms with Crippen molar-refractivity contribution in [3.05, 3.63) is 58.9 Å². The van der Waals surface area contributed by atoms with E-state index in [1.807, 2.05) is 0 Å². The molecule has 2 amide bonds. The van der Waals surface area contributed by atoms with Gasteiger partial charge in [0.1, 0.15) is 11.6 Å². The van der Waals surface area contributed by atoms with Crippen LogP contribution in [0.1, 0.15) is 12.0 Å². The smallest absolute Gasteiger partial charge is 0.227 e. The zero-order valence-corrected chi connectivity index (χ0v) is 14.9. The van der Waals surface area contributed by atoms with Gasteiger partial charge >= 0.3 is 0 Å². The van der Waals surface area contributed by atoms with Crippen LogP contribution in [0.5, 0.6) is 5.75 Å². The van der Waals surface area contributed by atoms with Crippen molar-refractivity contribution in [2.24, 2.45) is 5.92 Å². The zero-order chi connectivity index (χ0) is 18.7. The lowest BCUT2D eigenvalue weighted by molar-refractivity contribution is -0.126. The van der Waals surface area contributed by atoms with Gasteiger partial charge in [-0.2, -0.15) is 0 Å². The Bertz CT molecular complexity index is 826. The molecule has 7 heteroatoms. The Balaban J connectivity index is 1.60. The number of hydrogen-bond donors (Lipinski definition) is 1. The van der Waals surface area contributed by atoms with Crippen LogP contribution >= 0.6 is 11.6 Å². The van der Waals surface area contributed by atoms with Crippen molar-refractivity contribution in [1.82, 2.24) is 5.32 Å². The summed E-state index contributed by atoms with van der Waals surface area (Å²) in [5.74, 6) is -0.540. The lowest BCUT2D eigenvalue weighted by Crippen LogP contribution is -2.32. The second-order valence-electron chi connectivity index (χ2n) is 6.07. The van der Waals surface area contributed by atoms with Crippen LogP contribution in [0.4, 0.5) is 10.1 Å². The minimum absolute atomic E-state index is 0.0125. The number of carbonyl (C=O) groups excluding carboxylic acids is 2. The molecule has 26 heavy (non-hydrogen) atoms. The SMILES string of the molecule is COc1ccc(N2C[C@H](C(=O)NCc3ccc(F)c(Cl)c3)CC2=O)cc1. The van der Waals surface area contributed by atoms with Gasteiger partial charge < -0.3 is 15.0 Å². The molecule has 2 aromatic rings. The lowest BCUT2D eigenvalue weighted by atomic mass is 10.1. The van der Waals surface area contributed by atoms with E-state index in [0.717, 1.165) is 5.69 Å². The molecule has 1 aliphatic heterocycles. The molecule has 1 fully saturated rings. The molecule has 1 N–H and O–H groups in total. The first-order valence-electron chi connectivity index (χ1n) is 8.14. The van der Waals surface area contributed by atoms with E-state index >= 15 is 0 Å². The third-order valence-corrected chi connectivity index (χ3v) is 4.62. The predicted octanol–water partition coefficient (Wildman–Crippen LogP) is 3.16. The topological polar surface area (TPSA) is 58.6 Å². The number of rotatable bonds is 5. The van der Waals surface area contributed by atoms with Crippen molar-refractivity contribution >= 4 is 29.1 Å². The first-order valence-corrected chi connectivity index (χ1v) is 8.52. The van der Waals surface area contributed by atoms with Crippen LogP contribution in [0.15, 0.2) is 42.5 Å². The summed E-state index contributed by atoms with van der Waals surface area (Å²) < 4.78 is 18.3. The van der Waals surface area contributed by atoms with Crippen LogP contribution in [-0.2, 0) is 16.1 Å². The van der Waals surface area contributed by atoms with E-state index in [0.29, 0.717) is 17.9 Å². The maximum atomic E-state index is 13.2. The molecule has 2 aromatic carbocycles. The summed E-state index contributed by atoms with van der Waals surface area (Å²) in [5.41, 5.74) is 1.43. The number of nitrogens with one attached hydrogen (secondary N) is 1. The van der Waals surface area contributed by atoms with Gasteiger partial charge in [0, 0.05) is 25.2 Å². The number of amides is 2. The van der Waals surface area contributed by atoms with Gasteiger partial charge in [-0.15, -0.1) is 0 Å². The maximum absolute atomic E-state index is 13.2. The Morgan fingerprint density at radius 3 is 2.69 bits per heavy atom. The van der Waals surface area contributed by atoms with Crippen molar-refractivity contribution in [2.75, 3.05) is 18.6 Å². The number of anilines is 1. The minimum Gasteiger partial charge on any atom is -0.497 e. The normalized spacial score (nSPS) is 16.7. The Labute approximate surface area is 155 Å². The van der Waals surface area contributed by atoms with Crippen LogP contribution in [0.3, 0.4) is 0 Å². The number of methoxy groups -OCH3 is 1. The average molecular weight is 377 g/mol. The second-order valence-corrected chi connectivity index (χ2v) is 6.48. The van der Waals surface area contributed by atoms with Crippen molar-refractivity contribution in [1.29, 1.82) is 0 Å². The number of carbonyl (C=O) groups is 2. The predicted molar refractivity (Wildman–Crippen MR) is 96.7 cm³/mol. The fourth-order valence-electron chi connectivity index (χ4n) is 2.88. The van der Waals surface area contributed by atoms with Gasteiger partial charge in [0.15, 0.2) is 0 Å². The molecule has 3 rings (SSSR count). The number of ether oxygens (including phenoxy) is 1. The molecule has 0 bridgehead atoms. The molecule has 1 aliphatic rings. The Morgan fingerprint density at radius 1 is 1.31 bits per heavy atom. The molecule has 0 radical (unpaired) electrons. The van der Waals surface area contributed by atoms with Crippen LogP contribution in [0.2, 0.25) is 5.02 Å². The molecule has 136 valence electrons. The van der Waals surface area contributed by atoms with Crippen LogP contribution < -0.4 is 15.0 Å². The highest BCUT2D eigenvalue weighted by Gasteiger charge is 2.35. The van der Waals surface area contributed by atoms with E-state index in [9.17, 15) is 14.0 Å². The largest absolute Gasteiger partial charge is 0.497 e. The molecule has 0 saturated carbocycles. The molecular weight excluding hydrogens is 359 g/mol. The summed E-state index contributed by atoms with van der Waals surface area (Å²) in [6.45, 7) is 0.549. The van der Waals surface area contributed by atoms with Crippen LogP contribution in [-0.4, -0.2) is 25.5 Å². The molecule has 0 spiro atoms. The van der Waals surface area contributed by atoms with Crippen molar-refractivity contribution < 1.29 is 18.7 Å². The van der Waals surface area contributed by atoms with Gasteiger partial charge in [-0.3, -0.25) is 9.59 Å². The Kier molecular flexibility index (Phi) is 5.42. The van der Waals surface area contributed by atoms with Gasteiger partial charge in [-0.1, -0.05) is 17.7 Å². The van der Waals surface area contributed by atoms with Crippen LogP contribution in [0, 0.1) is 11.7 Å². The summed E-state index contributed by atoms with van der Waals surface area (Å²) in [6, 6.07) is 11.4. The first-order chi connectivity index (χ1) is 12.5. The number of benzene rings is 2. The summed E-state index contributed by atoms with van der Waals surface area (Å²) in [6.07, 6.45) is 0.155. The van der Waals surface area contributed by atoms with Gasteiger partial charge in [0.05, 0.1) is 18.1 Å². The van der Waals surface area contributed by atoms with E-state index in [2.05, 4.69) is 5.32 Å². The van der Waals surface area contributed by atoms with Gasteiger partial charge in [0.25, 0.3) is 0 Å². The molecule has 1 saturated heterocycles. The summed E-state index contributed by atoms with van der Waals surface area (Å²) >= 11 is 5.74. The van der Waals surface area contributed by atoms with E-state index < -0.39 is 11.7 Å². The maximum Gasteiger partial charge on any atom is 0.227 e. The lowest BCUT2D eigenvalue weighted by Gasteiger charge is -2.17. The van der Waals surface area contributed by atoms with E-state index in [1.165, 1.54) is 12.1 Å². The van der Waals surface area contributed by atoms with Crippen molar-refractivity contribution in [3.63, 3.8) is 0 Å². The number of nitrogens with zero attached hydrogens (tertiary/aromatic N) is 1. The fraction of sp³-hybridized carbons (Fsp3) is 0.263. The zero-order valence-electron chi connectivity index (χ0n) is 14.2. The van der Waals surface area contributed by atoms with E-state index in [4.69, 9.17) is 16.3 Å². The van der Waals surface area contributed by atoms with E-state index in [-0.39, 0.29) is 29.8 Å². The molecule has 5 nitrogen and oxygen atoms in total. The van der Waals surface area contributed by atoms with Gasteiger partial charge in [-0.25, -0.2) is 4.39 Å². The fourth-order valence-corrected chi connectivity index (χ4v) is 3.08. The van der Waals surface area contributed by atoms with Gasteiger partial charge in [0.2, 0.25) is 11.8 Å². The standard InChI is InChI=1S/C19H18ClFN2O3/c1-26-15-5-3-14(4-6-15)23-11-13(9-18(23)24)19(25)22-10-12-2-7-17(21)16(20)8-12/h2-8,13H,9-11H2,1H3,(H,22,25)/t13-/m1/s1. The van der Waals surface area contributed by atoms with Crippen molar-refractivity contribution in [3.8, 4) is 5.75 Å². The second kappa shape index (κ2) is 7.74. The van der Waals surface area contributed by atoms with Crippen molar-refractivity contribution in [2.45, 2.75) is 13.0 Å². The highest BCUT2D eigenvalue weighted by molar-refractivity contribution is 6.30. The third kappa shape index (κ3) is 3.96. The highest BCUT2D eigenvalue weighted by Crippen LogP contribution is 2.27. The molecule has 0 aromatic heterocycles. The Hall–Kier alpha value is -2.60. The summed E-state index contributed by atoms with van der Waals surface area (Å²) in [4.78, 5) is 26.2. The molecule has 1 atom stereocenters. The Morgan fingerprint density at radius 2 is 2.04 bits per heavy atom. The first kappa shape index (κ1) is 18.2. The summed E-state index contributed by atoms with van der Waals surface area (Å²) in [7, 11) is 1.57. The molecular formula is C19H18ClFN2O3. The average Bonchev–Trinajstić information content (AvgIpc) is 3.04. The minimum atomic E-state index is -0.502. The number of hydrogen-bond acceptors (Lipinski definition) is 3. The van der Waals surface area contributed by atoms with Gasteiger partial charge in [-0.05, 0) is 42.0 Å².